The van der Waals surface area contributed by atoms with Gasteiger partial charge in [-0.15, -0.1) is 0 Å². The monoisotopic (exact) mass is 352 g/mol. The lowest BCUT2D eigenvalue weighted by Crippen LogP contribution is -2.44. The third kappa shape index (κ3) is 8.58. The van der Waals surface area contributed by atoms with Gasteiger partial charge in [-0.05, 0) is 43.0 Å². The van der Waals surface area contributed by atoms with Gasteiger partial charge in [-0.2, -0.15) is 0 Å². The summed E-state index contributed by atoms with van der Waals surface area (Å²) in [5.41, 5.74) is 0.848. The fraction of sp³-hybridized carbons (Fsp3) is 0.444. The normalized spacial score (nSPS) is 12.2. The molecular weight excluding hydrogens is 328 g/mol. The van der Waals surface area contributed by atoms with Crippen molar-refractivity contribution in [2.75, 3.05) is 13.2 Å². The van der Waals surface area contributed by atoms with Gasteiger partial charge in [0.1, 0.15) is 0 Å². The summed E-state index contributed by atoms with van der Waals surface area (Å²) >= 11 is 5.90. The summed E-state index contributed by atoms with van der Waals surface area (Å²) in [6.07, 6.45) is 3.42. The smallest absolute Gasteiger partial charge is 0.407 e. The maximum absolute atomic E-state index is 11.9. The summed E-state index contributed by atoms with van der Waals surface area (Å²) in [6, 6.07) is 7.06. The molecule has 6 heteroatoms. The van der Waals surface area contributed by atoms with Crippen molar-refractivity contribution in [3.63, 3.8) is 0 Å². The third-order valence-electron chi connectivity index (χ3n) is 3.15. The lowest BCUT2D eigenvalue weighted by atomic mass is 10.0. The number of halogens is 1. The van der Waals surface area contributed by atoms with Crippen LogP contribution in [0.25, 0.3) is 6.08 Å². The molecular formula is C18H25ClN2O3. The van der Waals surface area contributed by atoms with Crippen LogP contribution in [-0.2, 0) is 9.53 Å². The largest absolute Gasteiger partial charge is 0.450 e. The van der Waals surface area contributed by atoms with E-state index in [0.29, 0.717) is 24.1 Å². The SMILES string of the molecule is CCOC(=O)NC(CNC(=O)/C=C/c1cccc(Cl)c1)CC(C)C. The number of carbonyl (C=O) groups excluding carboxylic acids is 2. The summed E-state index contributed by atoms with van der Waals surface area (Å²) in [6.45, 7) is 6.52. The van der Waals surface area contributed by atoms with Crippen LogP contribution in [0.1, 0.15) is 32.8 Å². The molecule has 1 rings (SSSR count). The van der Waals surface area contributed by atoms with Gasteiger partial charge in [-0.25, -0.2) is 4.79 Å². The molecule has 1 aromatic rings. The van der Waals surface area contributed by atoms with Crippen molar-refractivity contribution in [1.82, 2.24) is 10.6 Å². The molecule has 0 saturated heterocycles. The van der Waals surface area contributed by atoms with Crippen molar-refractivity contribution < 1.29 is 14.3 Å². The van der Waals surface area contributed by atoms with Gasteiger partial charge in [0.05, 0.1) is 6.61 Å². The van der Waals surface area contributed by atoms with E-state index in [2.05, 4.69) is 24.5 Å². The fourth-order valence-electron chi connectivity index (χ4n) is 2.17. The predicted molar refractivity (Wildman–Crippen MR) is 96.9 cm³/mol. The molecule has 0 aliphatic rings. The van der Waals surface area contributed by atoms with Gasteiger partial charge < -0.3 is 15.4 Å². The van der Waals surface area contributed by atoms with Crippen LogP contribution in [-0.4, -0.2) is 31.2 Å². The number of ether oxygens (including phenoxy) is 1. The lowest BCUT2D eigenvalue weighted by Gasteiger charge is -2.20. The molecule has 0 spiro atoms. The first kappa shape index (κ1) is 20.0. The van der Waals surface area contributed by atoms with Crippen molar-refractivity contribution in [3.05, 3.63) is 40.9 Å². The molecule has 0 heterocycles. The van der Waals surface area contributed by atoms with Crippen LogP contribution in [0, 0.1) is 5.92 Å². The molecule has 0 aliphatic heterocycles. The van der Waals surface area contributed by atoms with Crippen molar-refractivity contribution in [3.8, 4) is 0 Å². The number of alkyl carbamates (subject to hydrolysis) is 1. The summed E-state index contributed by atoms with van der Waals surface area (Å²) < 4.78 is 4.89. The molecule has 0 fully saturated rings. The Bertz CT molecular complexity index is 573. The van der Waals surface area contributed by atoms with Crippen LogP contribution in [0.15, 0.2) is 30.3 Å². The van der Waals surface area contributed by atoms with E-state index in [1.165, 1.54) is 6.08 Å². The Morgan fingerprint density at radius 2 is 2.08 bits per heavy atom. The summed E-state index contributed by atoms with van der Waals surface area (Å²) in [5, 5.41) is 6.18. The quantitative estimate of drug-likeness (QED) is 0.702. The van der Waals surface area contributed by atoms with Gasteiger partial charge in [0.2, 0.25) is 5.91 Å². The Morgan fingerprint density at radius 3 is 2.71 bits per heavy atom. The second-order valence-electron chi connectivity index (χ2n) is 5.82. The second-order valence-corrected chi connectivity index (χ2v) is 6.26. The molecule has 0 bridgehead atoms. The zero-order valence-electron chi connectivity index (χ0n) is 14.3. The first-order valence-corrected chi connectivity index (χ1v) is 8.43. The highest BCUT2D eigenvalue weighted by atomic mass is 35.5. The molecule has 1 atom stereocenters. The zero-order chi connectivity index (χ0) is 17.9. The highest BCUT2D eigenvalue weighted by Gasteiger charge is 2.15. The Labute approximate surface area is 148 Å². The number of rotatable bonds is 8. The van der Waals surface area contributed by atoms with E-state index in [4.69, 9.17) is 16.3 Å². The molecule has 132 valence electrons. The summed E-state index contributed by atoms with van der Waals surface area (Å²) in [4.78, 5) is 23.5. The van der Waals surface area contributed by atoms with Crippen molar-refractivity contribution in [2.45, 2.75) is 33.2 Å². The molecule has 0 radical (unpaired) electrons. The average molecular weight is 353 g/mol. The Kier molecular flexibility index (Phi) is 8.94. The molecule has 1 unspecified atom stereocenters. The number of amides is 2. The number of hydrogen-bond acceptors (Lipinski definition) is 3. The topological polar surface area (TPSA) is 67.4 Å². The van der Waals surface area contributed by atoms with E-state index in [1.54, 1.807) is 25.1 Å². The van der Waals surface area contributed by atoms with Gasteiger partial charge in [0.25, 0.3) is 0 Å². The molecule has 2 N–H and O–H groups in total. The van der Waals surface area contributed by atoms with Crippen LogP contribution >= 0.6 is 11.6 Å². The molecule has 24 heavy (non-hydrogen) atoms. The average Bonchev–Trinajstić information content (AvgIpc) is 2.50. The highest BCUT2D eigenvalue weighted by molar-refractivity contribution is 6.30. The minimum absolute atomic E-state index is 0.174. The van der Waals surface area contributed by atoms with Crippen LogP contribution in [0.3, 0.4) is 0 Å². The second kappa shape index (κ2) is 10.7. The van der Waals surface area contributed by atoms with E-state index in [9.17, 15) is 9.59 Å². The lowest BCUT2D eigenvalue weighted by molar-refractivity contribution is -0.116. The first-order valence-electron chi connectivity index (χ1n) is 8.05. The van der Waals surface area contributed by atoms with Crippen molar-refractivity contribution in [2.24, 2.45) is 5.92 Å². The number of nitrogens with one attached hydrogen (secondary N) is 2. The Hall–Kier alpha value is -2.01. The number of carbonyl (C=O) groups is 2. The molecule has 5 nitrogen and oxygen atoms in total. The van der Waals surface area contributed by atoms with E-state index < -0.39 is 6.09 Å². The van der Waals surface area contributed by atoms with Crippen LogP contribution in [0.5, 0.6) is 0 Å². The molecule has 0 saturated carbocycles. The molecule has 2 amide bonds. The van der Waals surface area contributed by atoms with Gasteiger partial charge in [0, 0.05) is 23.7 Å². The first-order chi connectivity index (χ1) is 11.4. The van der Waals surface area contributed by atoms with Crippen LogP contribution in [0.4, 0.5) is 4.79 Å². The molecule has 1 aromatic carbocycles. The van der Waals surface area contributed by atoms with Crippen LogP contribution in [0.2, 0.25) is 5.02 Å². The van der Waals surface area contributed by atoms with E-state index >= 15 is 0 Å². The maximum Gasteiger partial charge on any atom is 0.407 e. The van der Waals surface area contributed by atoms with Gasteiger partial charge >= 0.3 is 6.09 Å². The molecule has 0 aliphatic carbocycles. The number of benzene rings is 1. The maximum atomic E-state index is 11.9. The fourth-order valence-corrected chi connectivity index (χ4v) is 2.37. The standard InChI is InChI=1S/C18H25ClN2O3/c1-4-24-18(23)21-16(10-13(2)3)12-20-17(22)9-8-14-6-5-7-15(19)11-14/h5-9,11,13,16H,4,10,12H2,1-3H3,(H,20,22)(H,21,23)/b9-8+. The Morgan fingerprint density at radius 1 is 1.33 bits per heavy atom. The van der Waals surface area contributed by atoms with E-state index in [1.807, 2.05) is 12.1 Å². The number of hydrogen-bond donors (Lipinski definition) is 2. The third-order valence-corrected chi connectivity index (χ3v) is 3.39. The van der Waals surface area contributed by atoms with E-state index in [-0.39, 0.29) is 11.9 Å². The van der Waals surface area contributed by atoms with Gasteiger partial charge in [-0.1, -0.05) is 37.6 Å². The van der Waals surface area contributed by atoms with Crippen molar-refractivity contribution in [1.29, 1.82) is 0 Å². The Balaban J connectivity index is 2.52. The van der Waals surface area contributed by atoms with Crippen molar-refractivity contribution >= 4 is 29.7 Å². The molecule has 0 aromatic heterocycles. The van der Waals surface area contributed by atoms with Gasteiger partial charge in [-0.3, -0.25) is 4.79 Å². The van der Waals surface area contributed by atoms with Crippen LogP contribution < -0.4 is 10.6 Å². The van der Waals surface area contributed by atoms with E-state index in [0.717, 1.165) is 12.0 Å². The highest BCUT2D eigenvalue weighted by Crippen LogP contribution is 2.11. The predicted octanol–water partition coefficient (Wildman–Crippen LogP) is 3.63. The summed E-state index contributed by atoms with van der Waals surface area (Å²) in [5.74, 6) is 0.158. The zero-order valence-corrected chi connectivity index (χ0v) is 15.1. The minimum Gasteiger partial charge on any atom is -0.450 e. The minimum atomic E-state index is -0.466. The van der Waals surface area contributed by atoms with Gasteiger partial charge in [0.15, 0.2) is 0 Å². The summed E-state index contributed by atoms with van der Waals surface area (Å²) in [7, 11) is 0.